The fourth-order valence-corrected chi connectivity index (χ4v) is 3.81. The Morgan fingerprint density at radius 1 is 1.32 bits per heavy atom. The first-order valence-corrected chi connectivity index (χ1v) is 8.29. The van der Waals surface area contributed by atoms with Crippen molar-refractivity contribution < 1.29 is 0 Å². The van der Waals surface area contributed by atoms with Crippen molar-refractivity contribution in [2.24, 2.45) is 13.0 Å². The van der Waals surface area contributed by atoms with E-state index in [9.17, 15) is 0 Å². The monoisotopic (exact) mass is 328 g/mol. The van der Waals surface area contributed by atoms with Crippen LogP contribution in [0, 0.1) is 5.92 Å². The Morgan fingerprint density at radius 3 is 2.79 bits per heavy atom. The van der Waals surface area contributed by atoms with Gasteiger partial charge >= 0.3 is 0 Å². The molecule has 2 atom stereocenters. The van der Waals surface area contributed by atoms with Crippen LogP contribution in [0.3, 0.4) is 0 Å². The second-order valence-corrected chi connectivity index (χ2v) is 6.35. The second-order valence-electron chi connectivity index (χ2n) is 5.60. The Bertz CT molecular complexity index is 371. The van der Waals surface area contributed by atoms with Crippen LogP contribution in [0.2, 0.25) is 0 Å². The summed E-state index contributed by atoms with van der Waals surface area (Å²) in [6.07, 6.45) is 7.83. The third-order valence-corrected chi connectivity index (χ3v) is 4.74. The minimum absolute atomic E-state index is 0.584. The molecule has 0 amide bonds. The number of hydrogen-bond donors (Lipinski definition) is 1. The van der Waals surface area contributed by atoms with E-state index in [-0.39, 0.29) is 0 Å². The van der Waals surface area contributed by atoms with Gasteiger partial charge in [0.15, 0.2) is 4.60 Å². The van der Waals surface area contributed by atoms with Crippen LogP contribution >= 0.6 is 15.9 Å². The van der Waals surface area contributed by atoms with Crippen molar-refractivity contribution in [3.05, 3.63) is 10.3 Å². The van der Waals surface area contributed by atoms with E-state index in [0.29, 0.717) is 11.8 Å². The van der Waals surface area contributed by atoms with Crippen LogP contribution in [0.25, 0.3) is 0 Å². The zero-order valence-corrected chi connectivity index (χ0v) is 13.6. The Labute approximate surface area is 124 Å². The van der Waals surface area contributed by atoms with Gasteiger partial charge < -0.3 is 5.32 Å². The molecule has 1 fully saturated rings. The van der Waals surface area contributed by atoms with Crippen LogP contribution in [0.5, 0.6) is 0 Å². The molecule has 1 aliphatic carbocycles. The van der Waals surface area contributed by atoms with Gasteiger partial charge in [-0.3, -0.25) is 4.68 Å². The van der Waals surface area contributed by atoms with Crippen molar-refractivity contribution in [1.29, 1.82) is 0 Å². The number of nitrogens with zero attached hydrogens (tertiary/aromatic N) is 3. The minimum Gasteiger partial charge on any atom is -0.316 e. The topological polar surface area (TPSA) is 42.7 Å². The summed E-state index contributed by atoms with van der Waals surface area (Å²) in [5.74, 6) is 1.30. The molecule has 0 aliphatic heterocycles. The van der Waals surface area contributed by atoms with Gasteiger partial charge in [0.25, 0.3) is 0 Å². The quantitative estimate of drug-likeness (QED) is 0.666. The van der Waals surface area contributed by atoms with E-state index in [2.05, 4.69) is 38.5 Å². The molecule has 1 aromatic rings. The van der Waals surface area contributed by atoms with Crippen LogP contribution in [0.15, 0.2) is 4.60 Å². The SMILES string of the molecule is CCCNCC1CCCCCC1c1c(Br)nnn1C. The van der Waals surface area contributed by atoms with Gasteiger partial charge in [0.1, 0.15) is 0 Å². The lowest BCUT2D eigenvalue weighted by atomic mass is 9.85. The maximum Gasteiger partial charge on any atom is 0.151 e. The van der Waals surface area contributed by atoms with Crippen molar-refractivity contribution >= 4 is 15.9 Å². The highest BCUT2D eigenvalue weighted by molar-refractivity contribution is 9.10. The predicted molar refractivity (Wildman–Crippen MR) is 81.2 cm³/mol. The van der Waals surface area contributed by atoms with E-state index in [4.69, 9.17) is 0 Å². The van der Waals surface area contributed by atoms with Crippen LogP contribution in [-0.2, 0) is 7.05 Å². The molecule has 1 heterocycles. The molecular weight excluding hydrogens is 304 g/mol. The zero-order chi connectivity index (χ0) is 13.7. The summed E-state index contributed by atoms with van der Waals surface area (Å²) >= 11 is 3.57. The first-order valence-electron chi connectivity index (χ1n) is 7.49. The summed E-state index contributed by atoms with van der Waals surface area (Å²) in [5, 5.41) is 11.9. The Balaban J connectivity index is 2.12. The number of hydrogen-bond acceptors (Lipinski definition) is 3. The van der Waals surface area contributed by atoms with Crippen LogP contribution < -0.4 is 5.32 Å². The molecule has 0 radical (unpaired) electrons. The van der Waals surface area contributed by atoms with Crippen molar-refractivity contribution in [1.82, 2.24) is 20.3 Å². The number of aryl methyl sites for hydroxylation is 1. The van der Waals surface area contributed by atoms with Crippen LogP contribution in [-0.4, -0.2) is 28.1 Å². The van der Waals surface area contributed by atoms with E-state index >= 15 is 0 Å². The molecular formula is C14H25BrN4. The highest BCUT2D eigenvalue weighted by Gasteiger charge is 2.29. The molecule has 108 valence electrons. The molecule has 0 aromatic carbocycles. The molecule has 1 N–H and O–H groups in total. The predicted octanol–water partition coefficient (Wildman–Crippen LogP) is 3.24. The van der Waals surface area contributed by atoms with Crippen LogP contribution in [0.4, 0.5) is 0 Å². The molecule has 1 aliphatic rings. The van der Waals surface area contributed by atoms with Crippen molar-refractivity contribution in [2.45, 2.75) is 51.4 Å². The van der Waals surface area contributed by atoms with Crippen molar-refractivity contribution in [3.8, 4) is 0 Å². The number of aromatic nitrogens is 3. The van der Waals surface area contributed by atoms with Gasteiger partial charge in [-0.25, -0.2) is 0 Å². The Hall–Kier alpha value is -0.420. The average Bonchev–Trinajstić information content (AvgIpc) is 2.62. The molecule has 19 heavy (non-hydrogen) atoms. The van der Waals surface area contributed by atoms with Gasteiger partial charge in [0.05, 0.1) is 5.69 Å². The lowest BCUT2D eigenvalue weighted by Gasteiger charge is -2.25. The van der Waals surface area contributed by atoms with Gasteiger partial charge in [-0.1, -0.05) is 31.4 Å². The maximum absolute atomic E-state index is 4.16. The molecule has 0 saturated heterocycles. The second kappa shape index (κ2) is 7.39. The highest BCUT2D eigenvalue weighted by Crippen LogP contribution is 2.38. The number of rotatable bonds is 5. The summed E-state index contributed by atoms with van der Waals surface area (Å²) in [5.41, 5.74) is 1.28. The summed E-state index contributed by atoms with van der Waals surface area (Å²) in [7, 11) is 2.01. The van der Waals surface area contributed by atoms with Gasteiger partial charge in [0.2, 0.25) is 0 Å². The smallest absolute Gasteiger partial charge is 0.151 e. The average molecular weight is 329 g/mol. The summed E-state index contributed by atoms with van der Waals surface area (Å²) in [6, 6.07) is 0. The first-order chi connectivity index (χ1) is 9.24. The molecule has 0 spiro atoms. The Kier molecular flexibility index (Phi) is 5.82. The largest absolute Gasteiger partial charge is 0.316 e. The highest BCUT2D eigenvalue weighted by atomic mass is 79.9. The van der Waals surface area contributed by atoms with E-state index in [1.807, 2.05) is 11.7 Å². The molecule has 4 nitrogen and oxygen atoms in total. The van der Waals surface area contributed by atoms with Crippen molar-refractivity contribution in [3.63, 3.8) is 0 Å². The fraction of sp³-hybridized carbons (Fsp3) is 0.857. The van der Waals surface area contributed by atoms with Crippen molar-refractivity contribution in [2.75, 3.05) is 13.1 Å². The molecule has 0 bridgehead atoms. The summed E-state index contributed by atoms with van der Waals surface area (Å²) < 4.78 is 2.88. The molecule has 2 rings (SSSR count). The van der Waals surface area contributed by atoms with Gasteiger partial charge in [-0.15, -0.1) is 5.10 Å². The van der Waals surface area contributed by atoms with Crippen LogP contribution in [0.1, 0.15) is 57.1 Å². The van der Waals surface area contributed by atoms with Gasteiger partial charge in [0, 0.05) is 13.0 Å². The molecule has 2 unspecified atom stereocenters. The van der Waals surface area contributed by atoms with Gasteiger partial charge in [-0.05, 0) is 54.2 Å². The van der Waals surface area contributed by atoms with E-state index in [1.165, 1.54) is 44.2 Å². The lowest BCUT2D eigenvalue weighted by Crippen LogP contribution is -2.28. The number of nitrogens with one attached hydrogen (secondary N) is 1. The molecule has 1 aromatic heterocycles. The summed E-state index contributed by atoms with van der Waals surface area (Å²) in [6.45, 7) is 4.46. The third-order valence-electron chi connectivity index (χ3n) is 4.17. The molecule has 1 saturated carbocycles. The minimum atomic E-state index is 0.584. The summed E-state index contributed by atoms with van der Waals surface area (Å²) in [4.78, 5) is 0. The number of halogens is 1. The normalized spacial score (nSPS) is 24.4. The third kappa shape index (κ3) is 3.78. The van der Waals surface area contributed by atoms with E-state index in [0.717, 1.165) is 17.7 Å². The van der Waals surface area contributed by atoms with E-state index < -0.39 is 0 Å². The molecule has 5 heteroatoms. The standard InChI is InChI=1S/C14H25BrN4/c1-3-9-16-10-11-7-5-4-6-8-12(11)13-14(15)17-18-19(13)2/h11-12,16H,3-10H2,1-2H3. The maximum atomic E-state index is 4.16. The van der Waals surface area contributed by atoms with Gasteiger partial charge in [-0.2, -0.15) is 0 Å². The first kappa shape index (κ1) is 15.0. The zero-order valence-electron chi connectivity index (χ0n) is 12.0. The fourth-order valence-electron chi connectivity index (χ4n) is 3.19. The Morgan fingerprint density at radius 2 is 2.11 bits per heavy atom. The van der Waals surface area contributed by atoms with E-state index in [1.54, 1.807) is 0 Å². The lowest BCUT2D eigenvalue weighted by molar-refractivity contribution is 0.361.